The number of nitrogens with zero attached hydrogens (tertiary/aromatic N) is 3. The molecule has 0 fully saturated rings. The van der Waals surface area contributed by atoms with Crippen LogP contribution in [0.15, 0.2) is 169 Å². The number of thiophene rings is 3. The molecule has 6 heterocycles. The maximum Gasteiger partial charge on any atom is 0.162 e. The minimum atomic E-state index is 0. The predicted molar refractivity (Wildman–Crippen MR) is 540 cm³/mol. The number of hydrogen-bond acceptors (Lipinski definition) is 12. The molecule has 9 nitrogen and oxygen atoms in total. The van der Waals surface area contributed by atoms with Gasteiger partial charge in [-0.15, -0.1) is 139 Å². The molecule has 0 bridgehead atoms. The van der Waals surface area contributed by atoms with Crippen molar-refractivity contribution >= 4 is 81.6 Å². The number of aryl methyl sites for hydroxylation is 13. The van der Waals surface area contributed by atoms with Crippen LogP contribution in [0.5, 0.6) is 0 Å². The van der Waals surface area contributed by atoms with Crippen LogP contribution in [0.3, 0.4) is 0 Å². The fourth-order valence-electron chi connectivity index (χ4n) is 16.5. The SMILES string of the molecule is CCC(CC)C(=O)C=C(O)C(CC)CC.CCC(CC)C(=O)C=C(O)C(CC)CC.CCC(CC)C(=O)C=C(O)C(CC)CC.Cc1[c-]c(-c2cc3sc(-c4c(C)cc(C(C)(C)C)cc4C)cc3cn2)cc(C)c1.Cc1[c-]c(-c2cc3sc(-c4c(C)cc(C)cc4C)cc3cn2)cc(C)c1.Cc1[c-]c(-c2cc3sc(-c4cc(C)cc(C)c4)cc3cn2)cc(C)c1.[Ir].[Ir].[Ir]. The number of carbonyl (C=O) groups is 3. The quantitative estimate of drug-likeness (QED) is 0.0260. The number of aliphatic hydroxyl groups is 3. The summed E-state index contributed by atoms with van der Waals surface area (Å²) >= 11 is 5.53. The Morgan fingerprint density at radius 1 is 0.320 bits per heavy atom. The van der Waals surface area contributed by atoms with Gasteiger partial charge < -0.3 is 30.3 Å². The first-order chi connectivity index (χ1) is 59.3. The van der Waals surface area contributed by atoms with Gasteiger partial charge in [0.25, 0.3) is 0 Å². The maximum absolute atomic E-state index is 11.7. The van der Waals surface area contributed by atoms with Gasteiger partial charge in [-0.1, -0.05) is 223 Å². The molecule has 0 aliphatic heterocycles. The van der Waals surface area contributed by atoms with E-state index in [1.165, 1.54) is 141 Å². The van der Waals surface area contributed by atoms with Crippen molar-refractivity contribution in [2.45, 2.75) is 276 Å². The van der Waals surface area contributed by atoms with Gasteiger partial charge in [-0.2, -0.15) is 0 Å². The summed E-state index contributed by atoms with van der Waals surface area (Å²) in [5.41, 5.74) is 28.2. The summed E-state index contributed by atoms with van der Waals surface area (Å²) in [6.45, 7) is 59.0. The molecule has 3 N–H and O–H groups in total. The molecule has 6 aromatic heterocycles. The summed E-state index contributed by atoms with van der Waals surface area (Å²) < 4.78 is 3.82. The number of rotatable bonds is 27. The molecule has 0 atom stereocenters. The number of aromatic nitrogens is 3. The van der Waals surface area contributed by atoms with Gasteiger partial charge in [0.1, 0.15) is 0 Å². The molecular formula is C113H142Ir3N3O6S3-3. The third kappa shape index (κ3) is 32.0. The van der Waals surface area contributed by atoms with Gasteiger partial charge in [0.2, 0.25) is 0 Å². The second-order valence-electron chi connectivity index (χ2n) is 35.3. The molecule has 0 unspecified atom stereocenters. The largest absolute Gasteiger partial charge is 0.512 e. The first kappa shape index (κ1) is 113. The van der Waals surface area contributed by atoms with Crippen molar-refractivity contribution in [3.63, 3.8) is 0 Å². The normalized spacial score (nSPS) is 11.6. The van der Waals surface area contributed by atoms with Crippen LogP contribution in [0.25, 0.3) is 95.4 Å². The summed E-state index contributed by atoms with van der Waals surface area (Å²) in [4.78, 5) is 53.2. The van der Waals surface area contributed by atoms with E-state index in [0.717, 1.165) is 128 Å². The molecule has 12 aromatic rings. The third-order valence-electron chi connectivity index (χ3n) is 23.8. The summed E-state index contributed by atoms with van der Waals surface area (Å²) in [7, 11) is 0. The first-order valence-electron chi connectivity index (χ1n) is 45.6. The Kier molecular flexibility index (Phi) is 47.2. The number of pyridine rings is 3. The minimum absolute atomic E-state index is 0. The minimum Gasteiger partial charge on any atom is -0.512 e. The molecule has 693 valence electrons. The third-order valence-corrected chi connectivity index (χ3v) is 27.2. The van der Waals surface area contributed by atoms with Crippen molar-refractivity contribution in [3.05, 3.63) is 265 Å². The second-order valence-corrected chi connectivity index (χ2v) is 38.5. The first-order valence-corrected chi connectivity index (χ1v) is 48.1. The van der Waals surface area contributed by atoms with Crippen LogP contribution in [0, 0.1) is 144 Å². The van der Waals surface area contributed by atoms with E-state index >= 15 is 0 Å². The molecule has 0 saturated heterocycles. The standard InChI is InChI=1S/C27H28NS.C24H22NS.C23H20NS.3C13H24O2.3Ir/c1-16-8-17(2)10-20(9-16)23-14-24-21(15-28-23)13-25(29-24)26-18(3)11-22(12-19(26)4)27(5,6)7;1-14-6-15(2)10-19(9-14)21-12-22-20(13-25-21)11-23(26-22)24-17(4)7-16(3)8-18(24)5;1-14-5-15(2)8-18(7-14)21-12-23-20(13-24-21)11-22(25-23)19-9-16(3)6-17(4)10-19;3*1-5-10(6-2)12(14)9-13(15)11(7-3)8-4;;;/h8-9,11-15H,1-7H3;6-9,11-13H,1-5H3;5-7,9-13H,1-4H3;3*9-11,14H,5-8H2,1-4H3;;;/q3*-1;;;;;;. The zero-order valence-electron chi connectivity index (χ0n) is 81.5. The van der Waals surface area contributed by atoms with Crippen molar-refractivity contribution in [2.75, 3.05) is 0 Å². The van der Waals surface area contributed by atoms with Crippen molar-refractivity contribution in [3.8, 4) is 65.1 Å². The zero-order valence-corrected chi connectivity index (χ0v) is 91.2. The number of aliphatic hydroxyl groups excluding tert-OH is 3. The number of hydrogen-bond donors (Lipinski definition) is 3. The smallest absolute Gasteiger partial charge is 0.162 e. The molecular weight excluding hydrogens is 2170 g/mol. The predicted octanol–water partition coefficient (Wildman–Crippen LogP) is 33.2. The maximum atomic E-state index is 11.7. The summed E-state index contributed by atoms with van der Waals surface area (Å²) in [6, 6.07) is 52.6. The molecule has 0 amide bonds. The molecule has 128 heavy (non-hydrogen) atoms. The Bertz CT molecular complexity index is 5440. The summed E-state index contributed by atoms with van der Waals surface area (Å²) in [6.07, 6.45) is 20.7. The van der Waals surface area contributed by atoms with Crippen molar-refractivity contribution in [2.24, 2.45) is 35.5 Å². The molecule has 15 heteroatoms. The van der Waals surface area contributed by atoms with Gasteiger partial charge in [0.05, 0.1) is 17.3 Å². The Labute approximate surface area is 821 Å². The van der Waals surface area contributed by atoms with Gasteiger partial charge in [-0.05, 0) is 211 Å². The Balaban J connectivity index is 0.000000328. The van der Waals surface area contributed by atoms with E-state index in [1.807, 2.05) is 136 Å². The van der Waals surface area contributed by atoms with Gasteiger partial charge in [-0.3, -0.25) is 14.4 Å². The Morgan fingerprint density at radius 2 is 0.562 bits per heavy atom. The van der Waals surface area contributed by atoms with Crippen LogP contribution in [-0.2, 0) is 80.1 Å². The van der Waals surface area contributed by atoms with Crippen molar-refractivity contribution in [1.82, 2.24) is 15.0 Å². The average Bonchev–Trinajstić information content (AvgIpc) is 1.63. The van der Waals surface area contributed by atoms with E-state index in [2.05, 4.69) is 249 Å². The van der Waals surface area contributed by atoms with E-state index in [0.29, 0.717) is 0 Å². The van der Waals surface area contributed by atoms with Gasteiger partial charge >= 0.3 is 0 Å². The molecule has 12 rings (SSSR count). The topological polar surface area (TPSA) is 151 Å². The van der Waals surface area contributed by atoms with E-state index in [-0.39, 0.29) is 136 Å². The fourth-order valence-corrected chi connectivity index (χ4v) is 20.1. The second kappa shape index (κ2) is 53.7. The average molecular weight is 2310 g/mol. The molecule has 0 aliphatic rings. The zero-order chi connectivity index (χ0) is 92.4. The molecule has 0 saturated carbocycles. The van der Waals surface area contributed by atoms with E-state index in [4.69, 9.17) is 9.97 Å². The summed E-state index contributed by atoms with van der Waals surface area (Å²) in [5, 5.41) is 32.9. The van der Waals surface area contributed by atoms with Crippen LogP contribution >= 0.6 is 34.0 Å². The van der Waals surface area contributed by atoms with Crippen LogP contribution < -0.4 is 0 Å². The molecule has 0 spiro atoms. The van der Waals surface area contributed by atoms with Crippen LogP contribution in [0.4, 0.5) is 0 Å². The number of allylic oxidation sites excluding steroid dienone is 6. The monoisotopic (exact) mass is 2310 g/mol. The van der Waals surface area contributed by atoms with Crippen molar-refractivity contribution < 1.29 is 90.0 Å². The van der Waals surface area contributed by atoms with Gasteiger partial charge in [-0.25, -0.2) is 0 Å². The number of benzene rings is 6. The van der Waals surface area contributed by atoms with Crippen LogP contribution in [0.2, 0.25) is 0 Å². The molecule has 6 aromatic carbocycles. The summed E-state index contributed by atoms with van der Waals surface area (Å²) in [5.74, 6) is 1.64. The Morgan fingerprint density at radius 3 is 0.820 bits per heavy atom. The van der Waals surface area contributed by atoms with Crippen molar-refractivity contribution in [1.29, 1.82) is 0 Å². The van der Waals surface area contributed by atoms with Crippen LogP contribution in [-0.4, -0.2) is 47.6 Å². The molecule has 3 radical (unpaired) electrons. The number of ketones is 3. The van der Waals surface area contributed by atoms with E-state index < -0.39 is 0 Å². The fraction of sp³-hybridized carbons (Fsp3) is 0.416. The van der Waals surface area contributed by atoms with E-state index in [1.54, 1.807) is 0 Å². The van der Waals surface area contributed by atoms with Gasteiger partial charge in [0.15, 0.2) is 17.3 Å². The Hall–Kier alpha value is -7.77. The van der Waals surface area contributed by atoms with E-state index in [9.17, 15) is 29.7 Å². The number of carbonyl (C=O) groups excluding carboxylic acids is 3. The number of fused-ring (bicyclic) bond motifs is 3. The van der Waals surface area contributed by atoms with Gasteiger partial charge in [0, 0.05) is 178 Å². The van der Waals surface area contributed by atoms with Crippen LogP contribution in [0.1, 0.15) is 259 Å². The molecule has 0 aliphatic carbocycles.